The van der Waals surface area contributed by atoms with Gasteiger partial charge in [-0.3, -0.25) is 0 Å². The van der Waals surface area contributed by atoms with E-state index in [1.54, 1.807) is 13.8 Å². The van der Waals surface area contributed by atoms with E-state index in [-0.39, 0.29) is 25.4 Å². The number of hydrogen-bond acceptors (Lipinski definition) is 4. The quantitative estimate of drug-likeness (QED) is 0.814. The van der Waals surface area contributed by atoms with Gasteiger partial charge < -0.3 is 5.73 Å². The minimum Gasteiger partial charge on any atom is -0.394 e. The van der Waals surface area contributed by atoms with Crippen molar-refractivity contribution < 1.29 is 17.2 Å². The predicted octanol–water partition coefficient (Wildman–Crippen LogP) is 2.11. The third-order valence-electron chi connectivity index (χ3n) is 2.75. The maximum atomic E-state index is 13.9. The first-order valence-corrected chi connectivity index (χ1v) is 7.76. The Morgan fingerprint density at radius 3 is 2.52 bits per heavy atom. The molecule has 0 aliphatic rings. The van der Waals surface area contributed by atoms with Crippen molar-refractivity contribution in [1.82, 2.24) is 4.31 Å². The molecule has 1 aromatic rings. The number of rotatable bonds is 6. The second-order valence-corrected chi connectivity index (χ2v) is 6.84. The molecule has 0 spiro atoms. The molecule has 2 N–H and O–H groups in total. The lowest BCUT2D eigenvalue weighted by Gasteiger charge is -2.23. The van der Waals surface area contributed by atoms with E-state index in [9.17, 15) is 17.2 Å². The summed E-state index contributed by atoms with van der Waals surface area (Å²) in [5.41, 5.74) is 4.36. The van der Waals surface area contributed by atoms with E-state index >= 15 is 0 Å². The molecule has 0 saturated carbocycles. The second-order valence-electron chi connectivity index (χ2n) is 4.94. The molecule has 0 saturated heterocycles. The fraction of sp³-hybridized carbons (Fsp3) is 0.462. The van der Waals surface area contributed by atoms with E-state index < -0.39 is 32.2 Å². The highest BCUT2D eigenvalue weighted by molar-refractivity contribution is 7.89. The fourth-order valence-corrected chi connectivity index (χ4v) is 3.46. The summed E-state index contributed by atoms with van der Waals surface area (Å²) in [5.74, 6) is -2.33. The zero-order valence-corrected chi connectivity index (χ0v) is 12.6. The standard InChI is InChI=1S/C13H17F2N3O2S/c1-9(2)8-18(7-3-6-16)21(19,20)11-5-4-10(14)13(17)12(11)15/h4-5,9H,3,7-8,17H2,1-2H3. The molecule has 0 aliphatic carbocycles. The summed E-state index contributed by atoms with van der Waals surface area (Å²) < 4.78 is 53.0. The first kappa shape index (κ1) is 17.3. The van der Waals surface area contributed by atoms with Crippen LogP contribution in [0.2, 0.25) is 0 Å². The van der Waals surface area contributed by atoms with Crippen molar-refractivity contribution in [3.63, 3.8) is 0 Å². The number of hydrogen-bond donors (Lipinski definition) is 1. The van der Waals surface area contributed by atoms with E-state index in [0.29, 0.717) is 0 Å². The maximum Gasteiger partial charge on any atom is 0.246 e. The predicted molar refractivity (Wildman–Crippen MR) is 74.6 cm³/mol. The van der Waals surface area contributed by atoms with Gasteiger partial charge in [0.25, 0.3) is 0 Å². The third-order valence-corrected chi connectivity index (χ3v) is 4.63. The van der Waals surface area contributed by atoms with Crippen molar-refractivity contribution in [3.8, 4) is 6.07 Å². The average molecular weight is 317 g/mol. The SMILES string of the molecule is CC(C)CN(CCC#N)S(=O)(=O)c1ccc(F)c(N)c1F. The zero-order chi connectivity index (χ0) is 16.2. The summed E-state index contributed by atoms with van der Waals surface area (Å²) in [6, 6.07) is 3.50. The molecule has 0 fully saturated rings. The molecule has 0 atom stereocenters. The second kappa shape index (κ2) is 6.83. The van der Waals surface area contributed by atoms with Crippen LogP contribution < -0.4 is 5.73 Å². The zero-order valence-electron chi connectivity index (χ0n) is 11.8. The van der Waals surface area contributed by atoms with E-state index in [0.717, 1.165) is 16.4 Å². The highest BCUT2D eigenvalue weighted by atomic mass is 32.2. The number of anilines is 1. The Kier molecular flexibility index (Phi) is 5.63. The lowest BCUT2D eigenvalue weighted by molar-refractivity contribution is 0.370. The number of nitrogens with zero attached hydrogens (tertiary/aromatic N) is 2. The summed E-state index contributed by atoms with van der Waals surface area (Å²) in [7, 11) is -4.18. The van der Waals surface area contributed by atoms with Gasteiger partial charge in [0.2, 0.25) is 10.0 Å². The van der Waals surface area contributed by atoms with Crippen LogP contribution in [0.25, 0.3) is 0 Å². The summed E-state index contributed by atoms with van der Waals surface area (Å²) in [6.07, 6.45) is -0.0236. The molecule has 0 heterocycles. The number of nitrogens with two attached hydrogens (primary N) is 1. The number of sulfonamides is 1. The first-order chi connectivity index (χ1) is 9.71. The van der Waals surface area contributed by atoms with Gasteiger partial charge >= 0.3 is 0 Å². The van der Waals surface area contributed by atoms with Crippen LogP contribution in [0.4, 0.5) is 14.5 Å². The molecule has 8 heteroatoms. The van der Waals surface area contributed by atoms with Crippen molar-refractivity contribution in [2.75, 3.05) is 18.8 Å². The summed E-state index contributed by atoms with van der Waals surface area (Å²) >= 11 is 0. The molecule has 0 bridgehead atoms. The van der Waals surface area contributed by atoms with Crippen molar-refractivity contribution >= 4 is 15.7 Å². The number of halogens is 2. The molecule has 0 unspecified atom stereocenters. The Labute approximate surface area is 123 Å². The minimum atomic E-state index is -4.18. The van der Waals surface area contributed by atoms with Crippen LogP contribution in [-0.4, -0.2) is 25.8 Å². The van der Waals surface area contributed by atoms with Crippen molar-refractivity contribution in [2.24, 2.45) is 5.92 Å². The van der Waals surface area contributed by atoms with Crippen LogP contribution in [0.5, 0.6) is 0 Å². The Morgan fingerprint density at radius 2 is 2.00 bits per heavy atom. The van der Waals surface area contributed by atoms with Gasteiger partial charge in [-0.05, 0) is 18.1 Å². The molecule has 21 heavy (non-hydrogen) atoms. The highest BCUT2D eigenvalue weighted by Gasteiger charge is 2.29. The molecule has 0 amide bonds. The number of benzene rings is 1. The molecule has 5 nitrogen and oxygen atoms in total. The first-order valence-electron chi connectivity index (χ1n) is 6.32. The van der Waals surface area contributed by atoms with E-state index in [1.165, 1.54) is 0 Å². The van der Waals surface area contributed by atoms with Crippen LogP contribution in [0, 0.1) is 28.9 Å². The van der Waals surface area contributed by atoms with Gasteiger partial charge in [0.15, 0.2) is 5.82 Å². The highest BCUT2D eigenvalue weighted by Crippen LogP contribution is 2.26. The summed E-state index contributed by atoms with van der Waals surface area (Å²) in [5, 5.41) is 8.61. The van der Waals surface area contributed by atoms with Gasteiger partial charge in [-0.2, -0.15) is 9.57 Å². The fourth-order valence-electron chi connectivity index (χ4n) is 1.78. The third kappa shape index (κ3) is 3.89. The Morgan fingerprint density at radius 1 is 1.38 bits per heavy atom. The van der Waals surface area contributed by atoms with E-state index in [2.05, 4.69) is 0 Å². The smallest absolute Gasteiger partial charge is 0.246 e. The molecule has 0 aliphatic heterocycles. The largest absolute Gasteiger partial charge is 0.394 e. The van der Waals surface area contributed by atoms with Gasteiger partial charge in [0.05, 0.1) is 6.07 Å². The van der Waals surface area contributed by atoms with Crippen molar-refractivity contribution in [3.05, 3.63) is 23.8 Å². The Balaban J connectivity index is 3.29. The van der Waals surface area contributed by atoms with Gasteiger partial charge in [0.1, 0.15) is 16.4 Å². The van der Waals surface area contributed by atoms with Gasteiger partial charge in [-0.15, -0.1) is 0 Å². The monoisotopic (exact) mass is 317 g/mol. The molecule has 1 aromatic carbocycles. The van der Waals surface area contributed by atoms with Crippen LogP contribution in [0.1, 0.15) is 20.3 Å². The maximum absolute atomic E-state index is 13.9. The normalized spacial score (nSPS) is 11.9. The average Bonchev–Trinajstić information content (AvgIpc) is 2.40. The van der Waals surface area contributed by atoms with Crippen LogP contribution in [0.15, 0.2) is 17.0 Å². The molecular formula is C13H17F2N3O2S. The van der Waals surface area contributed by atoms with E-state index in [4.69, 9.17) is 11.0 Å². The van der Waals surface area contributed by atoms with Crippen molar-refractivity contribution in [2.45, 2.75) is 25.2 Å². The summed E-state index contributed by atoms with van der Waals surface area (Å²) in [4.78, 5) is -0.681. The molecule has 1 rings (SSSR count). The number of nitriles is 1. The lowest BCUT2D eigenvalue weighted by Crippen LogP contribution is -2.35. The van der Waals surface area contributed by atoms with E-state index in [1.807, 2.05) is 6.07 Å². The Hall–Kier alpha value is -1.72. The van der Waals surface area contributed by atoms with Crippen LogP contribution in [0.3, 0.4) is 0 Å². The van der Waals surface area contributed by atoms with Gasteiger partial charge in [-0.1, -0.05) is 13.8 Å². The minimum absolute atomic E-state index is 0.0145. The van der Waals surface area contributed by atoms with Crippen LogP contribution in [-0.2, 0) is 10.0 Å². The molecule has 116 valence electrons. The van der Waals surface area contributed by atoms with Gasteiger partial charge in [0, 0.05) is 19.5 Å². The molecule has 0 aromatic heterocycles. The molecule has 0 radical (unpaired) electrons. The lowest BCUT2D eigenvalue weighted by atomic mass is 10.2. The van der Waals surface area contributed by atoms with Crippen LogP contribution >= 0.6 is 0 Å². The number of nitrogen functional groups attached to an aromatic ring is 1. The van der Waals surface area contributed by atoms with Crippen molar-refractivity contribution in [1.29, 1.82) is 5.26 Å². The topological polar surface area (TPSA) is 87.2 Å². The Bertz CT molecular complexity index is 654. The van der Waals surface area contributed by atoms with Gasteiger partial charge in [-0.25, -0.2) is 17.2 Å². The summed E-state index contributed by atoms with van der Waals surface area (Å²) in [6.45, 7) is 3.66. The molecular weight excluding hydrogens is 300 g/mol.